The second kappa shape index (κ2) is 3.11. The molecule has 80 valence electrons. The van der Waals surface area contributed by atoms with Crippen LogP contribution in [0, 0.1) is 5.41 Å². The second-order valence-corrected chi connectivity index (χ2v) is 6.02. The number of hydrogen-bond donors (Lipinski definition) is 0. The fraction of sp³-hybridized carbons (Fsp3) is 0.750. The molecule has 0 aromatic rings. The van der Waals surface area contributed by atoms with Crippen LogP contribution in [0.2, 0.25) is 0 Å². The third-order valence-electron chi connectivity index (χ3n) is 2.58. The second-order valence-electron chi connectivity index (χ2n) is 6.02. The minimum Gasteiger partial charge on any atom is -0.314 e. The maximum atomic E-state index is 11.8. The zero-order chi connectivity index (χ0) is 11.1. The quantitative estimate of drug-likeness (QED) is 0.582. The van der Waals surface area contributed by atoms with E-state index < -0.39 is 0 Å². The average Bonchev–Trinajstić information content (AvgIpc) is 2.27. The molecule has 0 aromatic carbocycles. The van der Waals surface area contributed by atoms with Gasteiger partial charge in [-0.2, -0.15) is 0 Å². The Hall–Kier alpha value is -0.790. The lowest BCUT2D eigenvalue weighted by molar-refractivity contribution is -0.130. The maximum absolute atomic E-state index is 11.8. The summed E-state index contributed by atoms with van der Waals surface area (Å²) in [6.45, 7) is 12.6. The van der Waals surface area contributed by atoms with Gasteiger partial charge in [-0.25, -0.2) is 0 Å². The number of hydrogen-bond acceptors (Lipinski definition) is 1. The molecule has 0 N–H and O–H groups in total. The highest BCUT2D eigenvalue weighted by Gasteiger charge is 2.34. The fourth-order valence-electron chi connectivity index (χ4n) is 1.55. The van der Waals surface area contributed by atoms with Gasteiger partial charge >= 0.3 is 0 Å². The van der Waals surface area contributed by atoms with E-state index in [4.69, 9.17) is 0 Å². The summed E-state index contributed by atoms with van der Waals surface area (Å²) >= 11 is 0. The van der Waals surface area contributed by atoms with Gasteiger partial charge in [0.05, 0.1) is 6.42 Å². The molecule has 1 aliphatic rings. The predicted molar refractivity (Wildman–Crippen MR) is 58.8 cm³/mol. The van der Waals surface area contributed by atoms with E-state index in [0.717, 1.165) is 0 Å². The Morgan fingerprint density at radius 1 is 1.14 bits per heavy atom. The first-order chi connectivity index (χ1) is 6.12. The Morgan fingerprint density at radius 2 is 1.64 bits per heavy atom. The van der Waals surface area contributed by atoms with Gasteiger partial charge in [-0.1, -0.05) is 20.8 Å². The first-order valence-corrected chi connectivity index (χ1v) is 5.16. The SMILES string of the molecule is CC(C)(C)C1=CN(C(C)(C)C)C(=O)C1. The highest BCUT2D eigenvalue weighted by atomic mass is 16.2. The highest BCUT2D eigenvalue weighted by Crippen LogP contribution is 2.35. The normalized spacial score (nSPS) is 18.9. The van der Waals surface area contributed by atoms with Crippen molar-refractivity contribution in [2.75, 3.05) is 0 Å². The van der Waals surface area contributed by atoms with Crippen molar-refractivity contribution in [1.82, 2.24) is 4.90 Å². The molecule has 2 heteroatoms. The molecule has 14 heavy (non-hydrogen) atoms. The van der Waals surface area contributed by atoms with Gasteiger partial charge in [-0.3, -0.25) is 4.79 Å². The Balaban J connectivity index is 2.94. The van der Waals surface area contributed by atoms with Gasteiger partial charge in [0.2, 0.25) is 5.91 Å². The van der Waals surface area contributed by atoms with Crippen LogP contribution in [0.3, 0.4) is 0 Å². The van der Waals surface area contributed by atoms with Gasteiger partial charge in [-0.05, 0) is 31.8 Å². The van der Waals surface area contributed by atoms with Gasteiger partial charge in [-0.15, -0.1) is 0 Å². The molecular weight excluding hydrogens is 174 g/mol. The van der Waals surface area contributed by atoms with E-state index in [1.165, 1.54) is 5.57 Å². The van der Waals surface area contributed by atoms with Crippen molar-refractivity contribution in [2.24, 2.45) is 5.41 Å². The fourth-order valence-corrected chi connectivity index (χ4v) is 1.55. The summed E-state index contributed by atoms with van der Waals surface area (Å²) in [5.41, 5.74) is 1.25. The van der Waals surface area contributed by atoms with Crippen LogP contribution in [0.25, 0.3) is 0 Å². The van der Waals surface area contributed by atoms with Crippen molar-refractivity contribution in [3.63, 3.8) is 0 Å². The van der Waals surface area contributed by atoms with Gasteiger partial charge in [0.15, 0.2) is 0 Å². The lowest BCUT2D eigenvalue weighted by Crippen LogP contribution is -2.39. The molecular formula is C12H21NO. The molecule has 0 unspecified atom stereocenters. The van der Waals surface area contributed by atoms with E-state index in [0.29, 0.717) is 6.42 Å². The zero-order valence-corrected chi connectivity index (χ0v) is 10.1. The number of carbonyl (C=O) groups is 1. The summed E-state index contributed by atoms with van der Waals surface area (Å²) in [7, 11) is 0. The molecule has 0 aliphatic carbocycles. The van der Waals surface area contributed by atoms with E-state index in [1.807, 2.05) is 11.1 Å². The van der Waals surface area contributed by atoms with E-state index in [1.54, 1.807) is 0 Å². The summed E-state index contributed by atoms with van der Waals surface area (Å²) < 4.78 is 0. The molecule has 0 radical (unpaired) electrons. The first-order valence-electron chi connectivity index (χ1n) is 5.16. The van der Waals surface area contributed by atoms with Crippen LogP contribution < -0.4 is 0 Å². The lowest BCUT2D eigenvalue weighted by atomic mass is 9.86. The van der Waals surface area contributed by atoms with Gasteiger partial charge in [0, 0.05) is 11.7 Å². The average molecular weight is 195 g/mol. The smallest absolute Gasteiger partial charge is 0.231 e. The third-order valence-corrected chi connectivity index (χ3v) is 2.58. The standard InChI is InChI=1S/C12H21NO/c1-11(2,3)9-7-10(14)13(8-9)12(4,5)6/h8H,7H2,1-6H3. The zero-order valence-electron chi connectivity index (χ0n) is 10.1. The molecule has 0 bridgehead atoms. The molecule has 0 atom stereocenters. The molecule has 0 fully saturated rings. The predicted octanol–water partition coefficient (Wildman–Crippen LogP) is 2.95. The number of rotatable bonds is 0. The van der Waals surface area contributed by atoms with Crippen LogP contribution in [0.1, 0.15) is 48.0 Å². The summed E-state index contributed by atoms with van der Waals surface area (Å²) in [5, 5.41) is 0. The van der Waals surface area contributed by atoms with Gasteiger partial charge < -0.3 is 4.90 Å². The van der Waals surface area contributed by atoms with Crippen LogP contribution in [0.4, 0.5) is 0 Å². The van der Waals surface area contributed by atoms with Crippen molar-refractivity contribution >= 4 is 5.91 Å². The minimum absolute atomic E-state index is 0.0932. The molecule has 1 rings (SSSR count). The summed E-state index contributed by atoms with van der Waals surface area (Å²) in [6.07, 6.45) is 2.61. The van der Waals surface area contributed by atoms with E-state index in [-0.39, 0.29) is 16.9 Å². The largest absolute Gasteiger partial charge is 0.314 e. The van der Waals surface area contributed by atoms with E-state index in [2.05, 4.69) is 41.5 Å². The van der Waals surface area contributed by atoms with Crippen LogP contribution in [-0.2, 0) is 4.79 Å². The molecule has 2 nitrogen and oxygen atoms in total. The maximum Gasteiger partial charge on any atom is 0.231 e. The number of carbonyl (C=O) groups excluding carboxylic acids is 1. The molecule has 0 saturated heterocycles. The summed E-state index contributed by atoms with van der Waals surface area (Å²) in [5.74, 6) is 0.224. The first kappa shape index (κ1) is 11.3. The number of amides is 1. The molecule has 0 spiro atoms. The Labute approximate surface area is 87.0 Å². The van der Waals surface area contributed by atoms with Crippen molar-refractivity contribution in [1.29, 1.82) is 0 Å². The molecule has 1 aliphatic heterocycles. The topological polar surface area (TPSA) is 20.3 Å². The Morgan fingerprint density at radius 3 is 1.86 bits per heavy atom. The minimum atomic E-state index is -0.0932. The molecule has 0 aromatic heterocycles. The van der Waals surface area contributed by atoms with Crippen molar-refractivity contribution in [2.45, 2.75) is 53.5 Å². The van der Waals surface area contributed by atoms with Gasteiger partial charge in [0.25, 0.3) is 0 Å². The third kappa shape index (κ3) is 2.17. The van der Waals surface area contributed by atoms with Crippen LogP contribution in [0.15, 0.2) is 11.8 Å². The monoisotopic (exact) mass is 195 g/mol. The number of nitrogens with zero attached hydrogens (tertiary/aromatic N) is 1. The Bertz CT molecular complexity index is 276. The van der Waals surface area contributed by atoms with Crippen LogP contribution in [-0.4, -0.2) is 16.3 Å². The molecule has 1 amide bonds. The van der Waals surface area contributed by atoms with Crippen molar-refractivity contribution < 1.29 is 4.79 Å². The highest BCUT2D eigenvalue weighted by molar-refractivity contribution is 5.83. The van der Waals surface area contributed by atoms with Crippen LogP contribution in [0.5, 0.6) is 0 Å². The summed E-state index contributed by atoms with van der Waals surface area (Å²) in [6, 6.07) is 0. The molecule has 1 heterocycles. The van der Waals surface area contributed by atoms with Crippen molar-refractivity contribution in [3.8, 4) is 0 Å². The van der Waals surface area contributed by atoms with Crippen molar-refractivity contribution in [3.05, 3.63) is 11.8 Å². The summed E-state index contributed by atoms with van der Waals surface area (Å²) in [4.78, 5) is 13.6. The van der Waals surface area contributed by atoms with E-state index >= 15 is 0 Å². The van der Waals surface area contributed by atoms with Gasteiger partial charge in [0.1, 0.15) is 0 Å². The van der Waals surface area contributed by atoms with E-state index in [9.17, 15) is 4.79 Å². The Kier molecular flexibility index (Phi) is 2.51. The van der Waals surface area contributed by atoms with Crippen LogP contribution >= 0.6 is 0 Å². The lowest BCUT2D eigenvalue weighted by Gasteiger charge is -2.29. The molecule has 0 saturated carbocycles.